The third-order valence-electron chi connectivity index (χ3n) is 4.66. The third-order valence-corrected chi connectivity index (χ3v) is 4.66. The average molecular weight is 340 g/mol. The lowest BCUT2D eigenvalue weighted by Crippen LogP contribution is -2.43. The second-order valence-electron chi connectivity index (χ2n) is 6.32. The van der Waals surface area contributed by atoms with Crippen LogP contribution in [0.4, 0.5) is 5.69 Å². The maximum atomic E-state index is 12.4. The van der Waals surface area contributed by atoms with Gasteiger partial charge in [-0.25, -0.2) is 0 Å². The van der Waals surface area contributed by atoms with Crippen LogP contribution in [0.3, 0.4) is 0 Å². The van der Waals surface area contributed by atoms with E-state index in [-0.39, 0.29) is 24.3 Å². The van der Waals surface area contributed by atoms with E-state index in [1.165, 1.54) is 5.39 Å². The van der Waals surface area contributed by atoms with Crippen molar-refractivity contribution in [2.75, 3.05) is 31.6 Å². The maximum absolute atomic E-state index is 12.4. The van der Waals surface area contributed by atoms with E-state index in [1.807, 2.05) is 36.1 Å². The van der Waals surface area contributed by atoms with Crippen LogP contribution in [0.5, 0.6) is 0 Å². The van der Waals surface area contributed by atoms with Gasteiger partial charge in [0.25, 0.3) is 0 Å². The van der Waals surface area contributed by atoms with Crippen molar-refractivity contribution in [2.24, 2.45) is 5.92 Å². The maximum Gasteiger partial charge on any atom is 0.309 e. The van der Waals surface area contributed by atoms with Gasteiger partial charge in [0.15, 0.2) is 0 Å². The molecule has 0 spiro atoms. The molecule has 3 rings (SSSR count). The normalized spacial score (nSPS) is 15.2. The Morgan fingerprint density at radius 1 is 1.12 bits per heavy atom. The first-order chi connectivity index (χ1) is 12.2. The molecule has 1 aliphatic heterocycles. The van der Waals surface area contributed by atoms with Gasteiger partial charge in [-0.05, 0) is 42.7 Å². The summed E-state index contributed by atoms with van der Waals surface area (Å²) in [7, 11) is 0. The number of esters is 1. The molecule has 1 N–H and O–H groups in total. The number of hydrogen-bond acceptors (Lipinski definition) is 4. The highest BCUT2D eigenvalue weighted by Gasteiger charge is 2.27. The number of hydrogen-bond donors (Lipinski definition) is 1. The van der Waals surface area contributed by atoms with Crippen LogP contribution in [0.15, 0.2) is 42.5 Å². The molecule has 1 fully saturated rings. The molecule has 132 valence electrons. The molecule has 1 heterocycles. The largest absolute Gasteiger partial charge is 0.466 e. The highest BCUT2D eigenvalue weighted by molar-refractivity contribution is 5.87. The summed E-state index contributed by atoms with van der Waals surface area (Å²) in [6.45, 7) is 3.72. The molecule has 2 aromatic carbocycles. The fraction of sp³-hybridized carbons (Fsp3) is 0.400. The van der Waals surface area contributed by atoms with Crippen molar-refractivity contribution >= 4 is 28.3 Å². The second kappa shape index (κ2) is 8.01. The van der Waals surface area contributed by atoms with Crippen LogP contribution in [0, 0.1) is 5.92 Å². The van der Waals surface area contributed by atoms with Crippen molar-refractivity contribution in [3.05, 3.63) is 42.5 Å². The quantitative estimate of drug-likeness (QED) is 0.850. The van der Waals surface area contributed by atoms with Crippen LogP contribution in [-0.4, -0.2) is 43.0 Å². The fourth-order valence-corrected chi connectivity index (χ4v) is 3.21. The minimum absolute atomic E-state index is 0.0652. The van der Waals surface area contributed by atoms with E-state index < -0.39 is 0 Å². The zero-order valence-corrected chi connectivity index (χ0v) is 14.5. The van der Waals surface area contributed by atoms with E-state index in [0.29, 0.717) is 32.5 Å². The van der Waals surface area contributed by atoms with Crippen LogP contribution in [0.25, 0.3) is 10.8 Å². The number of rotatable bonds is 5. The number of nitrogens with zero attached hydrogens (tertiary/aromatic N) is 1. The van der Waals surface area contributed by atoms with Crippen LogP contribution < -0.4 is 5.32 Å². The lowest BCUT2D eigenvalue weighted by Gasteiger charge is -2.31. The molecule has 0 bridgehead atoms. The van der Waals surface area contributed by atoms with Gasteiger partial charge < -0.3 is 15.0 Å². The Labute approximate surface area is 148 Å². The van der Waals surface area contributed by atoms with Crippen molar-refractivity contribution in [3.63, 3.8) is 0 Å². The molecule has 5 heteroatoms. The Morgan fingerprint density at radius 2 is 1.84 bits per heavy atom. The Kier molecular flexibility index (Phi) is 5.53. The standard InChI is InChI=1S/C20H24N2O3/c1-2-25-20(24)16-9-11-22(12-10-16)19(23)14-21-18-8-7-15-5-3-4-6-17(15)13-18/h3-8,13,16,21H,2,9-12,14H2,1H3. The van der Waals surface area contributed by atoms with Gasteiger partial charge in [0.2, 0.25) is 5.91 Å². The molecule has 0 unspecified atom stereocenters. The van der Waals surface area contributed by atoms with Gasteiger partial charge in [0.1, 0.15) is 0 Å². The summed E-state index contributed by atoms with van der Waals surface area (Å²) in [6.07, 6.45) is 1.36. The monoisotopic (exact) mass is 340 g/mol. The van der Waals surface area contributed by atoms with Gasteiger partial charge in [-0.2, -0.15) is 0 Å². The fourth-order valence-electron chi connectivity index (χ4n) is 3.21. The van der Waals surface area contributed by atoms with Crippen molar-refractivity contribution in [1.29, 1.82) is 0 Å². The summed E-state index contributed by atoms with van der Waals surface area (Å²) in [5, 5.41) is 5.53. The number of amides is 1. The van der Waals surface area contributed by atoms with Gasteiger partial charge in [-0.1, -0.05) is 30.3 Å². The number of carbonyl (C=O) groups is 2. The summed E-state index contributed by atoms with van der Waals surface area (Å²) in [5.74, 6) is -0.142. The van der Waals surface area contributed by atoms with E-state index in [2.05, 4.69) is 23.5 Å². The van der Waals surface area contributed by atoms with E-state index in [1.54, 1.807) is 0 Å². The molecule has 1 amide bonds. The number of ether oxygens (including phenoxy) is 1. The number of likely N-dealkylation sites (tertiary alicyclic amines) is 1. The van der Waals surface area contributed by atoms with Gasteiger partial charge in [-0.3, -0.25) is 9.59 Å². The zero-order chi connectivity index (χ0) is 17.6. The van der Waals surface area contributed by atoms with E-state index in [4.69, 9.17) is 4.74 Å². The van der Waals surface area contributed by atoms with Crippen LogP contribution in [0.1, 0.15) is 19.8 Å². The number of carbonyl (C=O) groups excluding carboxylic acids is 2. The van der Waals surface area contributed by atoms with Crippen LogP contribution >= 0.6 is 0 Å². The summed E-state index contributed by atoms with van der Waals surface area (Å²) in [6, 6.07) is 14.2. The molecule has 0 aromatic heterocycles. The third kappa shape index (κ3) is 4.29. The number of nitrogens with one attached hydrogen (secondary N) is 1. The first-order valence-corrected chi connectivity index (χ1v) is 8.84. The first-order valence-electron chi connectivity index (χ1n) is 8.84. The van der Waals surface area contributed by atoms with Crippen LogP contribution in [0.2, 0.25) is 0 Å². The van der Waals surface area contributed by atoms with Gasteiger partial charge in [0, 0.05) is 18.8 Å². The molecule has 0 aliphatic carbocycles. The minimum atomic E-state index is -0.135. The lowest BCUT2D eigenvalue weighted by molar-refractivity contribution is -0.151. The molecule has 0 radical (unpaired) electrons. The number of benzene rings is 2. The molecule has 5 nitrogen and oxygen atoms in total. The highest BCUT2D eigenvalue weighted by atomic mass is 16.5. The zero-order valence-electron chi connectivity index (χ0n) is 14.5. The Morgan fingerprint density at radius 3 is 2.56 bits per heavy atom. The van der Waals surface area contributed by atoms with E-state index >= 15 is 0 Å². The predicted molar refractivity (Wildman–Crippen MR) is 98.4 cm³/mol. The second-order valence-corrected chi connectivity index (χ2v) is 6.32. The van der Waals surface area contributed by atoms with Gasteiger partial charge in [-0.15, -0.1) is 0 Å². The summed E-state index contributed by atoms with van der Waals surface area (Å²) in [4.78, 5) is 26.0. The van der Waals surface area contributed by atoms with Crippen LogP contribution in [-0.2, 0) is 14.3 Å². The molecule has 25 heavy (non-hydrogen) atoms. The van der Waals surface area contributed by atoms with Gasteiger partial charge >= 0.3 is 5.97 Å². The molecule has 0 atom stereocenters. The minimum Gasteiger partial charge on any atom is -0.466 e. The van der Waals surface area contributed by atoms with Crippen molar-refractivity contribution in [3.8, 4) is 0 Å². The average Bonchev–Trinajstić information content (AvgIpc) is 2.66. The predicted octanol–water partition coefficient (Wildman–Crippen LogP) is 3.05. The number of anilines is 1. The topological polar surface area (TPSA) is 58.6 Å². The first kappa shape index (κ1) is 17.3. The Bertz CT molecular complexity index is 751. The van der Waals surface area contributed by atoms with E-state index in [9.17, 15) is 9.59 Å². The lowest BCUT2D eigenvalue weighted by atomic mass is 9.97. The molecular weight excluding hydrogens is 316 g/mol. The molecule has 1 aliphatic rings. The van der Waals surface area contributed by atoms with Crippen molar-refractivity contribution in [2.45, 2.75) is 19.8 Å². The Balaban J connectivity index is 1.50. The Hall–Kier alpha value is -2.56. The SMILES string of the molecule is CCOC(=O)C1CCN(C(=O)CNc2ccc3ccccc3c2)CC1. The highest BCUT2D eigenvalue weighted by Crippen LogP contribution is 2.20. The van der Waals surface area contributed by atoms with Crippen molar-refractivity contribution in [1.82, 2.24) is 4.90 Å². The van der Waals surface area contributed by atoms with Gasteiger partial charge in [0.05, 0.1) is 19.1 Å². The molecule has 0 saturated carbocycles. The number of fused-ring (bicyclic) bond motifs is 1. The molecular formula is C20H24N2O3. The number of piperidine rings is 1. The molecule has 2 aromatic rings. The summed E-state index contributed by atoms with van der Waals surface area (Å²) >= 11 is 0. The summed E-state index contributed by atoms with van der Waals surface area (Å²) < 4.78 is 5.06. The smallest absolute Gasteiger partial charge is 0.309 e. The van der Waals surface area contributed by atoms with Crippen molar-refractivity contribution < 1.29 is 14.3 Å². The summed E-state index contributed by atoms with van der Waals surface area (Å²) in [5.41, 5.74) is 0.938. The molecule has 1 saturated heterocycles. The van der Waals surface area contributed by atoms with E-state index in [0.717, 1.165) is 11.1 Å².